The number of carbonyl (C=O) groups excluding carboxylic acids is 1. The van der Waals surface area contributed by atoms with E-state index in [1.54, 1.807) is 48.8 Å². The van der Waals surface area contributed by atoms with Gasteiger partial charge in [0, 0.05) is 4.88 Å². The molecule has 0 saturated heterocycles. The fourth-order valence-electron chi connectivity index (χ4n) is 1.90. The lowest BCUT2D eigenvalue weighted by Crippen LogP contribution is -2.23. The van der Waals surface area contributed by atoms with Crippen LogP contribution in [0.3, 0.4) is 0 Å². The van der Waals surface area contributed by atoms with E-state index in [-0.39, 0.29) is 18.9 Å². The highest BCUT2D eigenvalue weighted by atomic mass is 32.1. The number of thiophene rings is 1. The molecule has 3 N–H and O–H groups in total. The maximum Gasteiger partial charge on any atom is 0.191 e. The number of aliphatic imine (C=N–C) groups is 1. The van der Waals surface area contributed by atoms with Gasteiger partial charge in [0.05, 0.1) is 13.7 Å². The van der Waals surface area contributed by atoms with Gasteiger partial charge in [-0.25, -0.2) is 0 Å². The molecule has 0 atom stereocenters. The van der Waals surface area contributed by atoms with Crippen LogP contribution < -0.4 is 20.5 Å². The minimum absolute atomic E-state index is 0.0211. The van der Waals surface area contributed by atoms with Crippen molar-refractivity contribution in [3.05, 3.63) is 58.9 Å². The number of amidine groups is 1. The Hall–Kier alpha value is -2.80. The molecule has 6 nitrogen and oxygen atoms in total. The third kappa shape index (κ3) is 6.68. The maximum absolute atomic E-state index is 11.9. The van der Waals surface area contributed by atoms with Gasteiger partial charge in [-0.3, -0.25) is 9.79 Å². The number of hydrogen-bond acceptors (Lipinski definition) is 6. The fraction of sp³-hybridized carbons (Fsp3) is 0.222. The third-order valence-corrected chi connectivity index (χ3v) is 4.04. The van der Waals surface area contributed by atoms with E-state index >= 15 is 0 Å². The van der Waals surface area contributed by atoms with Crippen LogP contribution in [0.1, 0.15) is 4.88 Å². The van der Waals surface area contributed by atoms with E-state index in [1.807, 2.05) is 17.5 Å². The van der Waals surface area contributed by atoms with Gasteiger partial charge in [-0.2, -0.15) is 0 Å². The summed E-state index contributed by atoms with van der Waals surface area (Å²) in [6, 6.07) is 11.1. The molecule has 0 spiro atoms. The molecule has 0 saturated carbocycles. The van der Waals surface area contributed by atoms with Crippen LogP contribution >= 0.6 is 11.3 Å². The lowest BCUT2D eigenvalue weighted by atomic mass is 10.3. The van der Waals surface area contributed by atoms with Gasteiger partial charge in [-0.15, -0.1) is 11.3 Å². The number of nitrogens with zero attached hydrogens (tertiary/aromatic N) is 1. The lowest BCUT2D eigenvalue weighted by Gasteiger charge is -2.07. The molecule has 0 fully saturated rings. The zero-order valence-electron chi connectivity index (χ0n) is 14.0. The number of benzene rings is 1. The largest absolute Gasteiger partial charge is 0.497 e. The van der Waals surface area contributed by atoms with E-state index in [0.717, 1.165) is 5.75 Å². The summed E-state index contributed by atoms with van der Waals surface area (Å²) in [5, 5.41) is 5.16. The molecule has 7 heteroatoms. The highest BCUT2D eigenvalue weighted by molar-refractivity contribution is 7.09. The first-order valence-corrected chi connectivity index (χ1v) is 8.56. The van der Waals surface area contributed by atoms with Crippen molar-refractivity contribution >= 4 is 23.0 Å². The summed E-state index contributed by atoms with van der Waals surface area (Å²) in [6.07, 6.45) is 3.02. The fourth-order valence-corrected chi connectivity index (χ4v) is 2.55. The Morgan fingerprint density at radius 1 is 1.28 bits per heavy atom. The quantitative estimate of drug-likeness (QED) is 0.530. The molecule has 1 heterocycles. The van der Waals surface area contributed by atoms with Gasteiger partial charge in [-0.05, 0) is 48.0 Å². The van der Waals surface area contributed by atoms with Gasteiger partial charge in [-0.1, -0.05) is 6.07 Å². The number of ketones is 1. The Labute approximate surface area is 151 Å². The zero-order chi connectivity index (χ0) is 17.9. The van der Waals surface area contributed by atoms with Crippen LogP contribution in [-0.2, 0) is 11.3 Å². The van der Waals surface area contributed by atoms with E-state index in [1.165, 1.54) is 11.1 Å². The van der Waals surface area contributed by atoms with Crippen LogP contribution in [0.25, 0.3) is 0 Å². The van der Waals surface area contributed by atoms with E-state index in [9.17, 15) is 4.79 Å². The van der Waals surface area contributed by atoms with E-state index in [0.29, 0.717) is 18.1 Å². The smallest absolute Gasteiger partial charge is 0.191 e. The molecule has 0 aliphatic carbocycles. The monoisotopic (exact) mass is 359 g/mol. The standard InChI is InChI=1S/C18H21N3O3S/c1-23-15-4-6-16(7-5-15)24-13-14(22)11-20-18(8-9-19)21-12-17-3-2-10-25-17/h2-10H,11-13,19H2,1H3,(H,20,21)/b9-8-. The molecule has 0 aliphatic rings. The molecule has 0 radical (unpaired) electrons. The number of methoxy groups -OCH3 is 1. The summed E-state index contributed by atoms with van der Waals surface area (Å²) in [4.78, 5) is 17.4. The SMILES string of the molecule is COc1ccc(OCC(=O)CN=C(/C=C\N)NCc2cccs2)cc1. The minimum Gasteiger partial charge on any atom is -0.497 e. The van der Waals surface area contributed by atoms with Crippen molar-refractivity contribution < 1.29 is 14.3 Å². The number of carbonyl (C=O) groups is 1. The summed E-state index contributed by atoms with van der Waals surface area (Å²) in [7, 11) is 1.59. The van der Waals surface area contributed by atoms with Crippen molar-refractivity contribution in [1.82, 2.24) is 5.32 Å². The van der Waals surface area contributed by atoms with E-state index in [2.05, 4.69) is 10.3 Å². The van der Waals surface area contributed by atoms with Gasteiger partial charge in [0.1, 0.15) is 30.5 Å². The Morgan fingerprint density at radius 2 is 2.04 bits per heavy atom. The van der Waals surface area contributed by atoms with Crippen molar-refractivity contribution in [3.8, 4) is 11.5 Å². The molecule has 0 amide bonds. The van der Waals surface area contributed by atoms with Crippen molar-refractivity contribution in [2.75, 3.05) is 20.3 Å². The number of rotatable bonds is 9. The maximum atomic E-state index is 11.9. The van der Waals surface area contributed by atoms with Gasteiger partial charge >= 0.3 is 0 Å². The van der Waals surface area contributed by atoms with Crippen LogP contribution in [0, 0.1) is 0 Å². The van der Waals surface area contributed by atoms with Crippen molar-refractivity contribution in [2.24, 2.45) is 10.7 Å². The van der Waals surface area contributed by atoms with Crippen LogP contribution in [0.2, 0.25) is 0 Å². The average Bonchev–Trinajstić information content (AvgIpc) is 3.16. The summed E-state index contributed by atoms with van der Waals surface area (Å²) in [5.74, 6) is 1.78. The molecular weight excluding hydrogens is 338 g/mol. The van der Waals surface area contributed by atoms with Crippen LogP contribution in [0.5, 0.6) is 11.5 Å². The first-order valence-electron chi connectivity index (χ1n) is 7.69. The molecule has 0 unspecified atom stereocenters. The number of Topliss-reactive ketones (excluding diaryl/α,β-unsaturated/α-hetero) is 1. The van der Waals surface area contributed by atoms with Gasteiger partial charge < -0.3 is 20.5 Å². The van der Waals surface area contributed by atoms with Crippen LogP contribution in [0.4, 0.5) is 0 Å². The topological polar surface area (TPSA) is 85.9 Å². The van der Waals surface area contributed by atoms with Crippen LogP contribution in [0.15, 0.2) is 59.0 Å². The molecular formula is C18H21N3O3S. The Balaban J connectivity index is 1.80. The van der Waals surface area contributed by atoms with E-state index < -0.39 is 0 Å². The first-order chi connectivity index (χ1) is 12.2. The van der Waals surface area contributed by atoms with Crippen molar-refractivity contribution in [2.45, 2.75) is 6.54 Å². The second-order valence-corrected chi connectivity index (χ2v) is 6.03. The molecule has 1 aromatic heterocycles. The first kappa shape index (κ1) is 18.5. The Bertz CT molecular complexity index is 710. The molecule has 2 aromatic rings. The summed E-state index contributed by atoms with van der Waals surface area (Å²) < 4.78 is 10.5. The Morgan fingerprint density at radius 3 is 2.68 bits per heavy atom. The minimum atomic E-state index is -0.128. The van der Waals surface area contributed by atoms with E-state index in [4.69, 9.17) is 15.2 Å². The second kappa shape index (κ2) is 10.1. The molecule has 0 bridgehead atoms. The predicted octanol–water partition coefficient (Wildman–Crippen LogP) is 2.37. The highest BCUT2D eigenvalue weighted by Crippen LogP contribution is 2.16. The highest BCUT2D eigenvalue weighted by Gasteiger charge is 2.04. The number of ether oxygens (including phenoxy) is 2. The third-order valence-electron chi connectivity index (χ3n) is 3.16. The molecule has 132 valence electrons. The Kier molecular flexibility index (Phi) is 7.52. The van der Waals surface area contributed by atoms with Crippen molar-refractivity contribution in [3.63, 3.8) is 0 Å². The summed E-state index contributed by atoms with van der Waals surface area (Å²) in [5.41, 5.74) is 5.42. The van der Waals surface area contributed by atoms with Gasteiger partial charge in [0.25, 0.3) is 0 Å². The van der Waals surface area contributed by atoms with Gasteiger partial charge in [0.15, 0.2) is 5.78 Å². The number of hydrogen-bond donors (Lipinski definition) is 2. The predicted molar refractivity (Wildman–Crippen MR) is 100 cm³/mol. The number of nitrogens with two attached hydrogens (primary N) is 1. The molecule has 1 aromatic carbocycles. The van der Waals surface area contributed by atoms with Gasteiger partial charge in [0.2, 0.25) is 0 Å². The average molecular weight is 359 g/mol. The second-order valence-electron chi connectivity index (χ2n) is 5.00. The summed E-state index contributed by atoms with van der Waals surface area (Å²) >= 11 is 1.65. The lowest BCUT2D eigenvalue weighted by molar-refractivity contribution is -0.119. The van der Waals surface area contributed by atoms with Crippen LogP contribution in [-0.4, -0.2) is 31.9 Å². The number of nitrogens with one attached hydrogen (secondary N) is 1. The van der Waals surface area contributed by atoms with Crippen molar-refractivity contribution in [1.29, 1.82) is 0 Å². The molecule has 0 aliphatic heterocycles. The molecule has 2 rings (SSSR count). The summed E-state index contributed by atoms with van der Waals surface area (Å²) in [6.45, 7) is 0.616. The normalized spacial score (nSPS) is 11.5. The zero-order valence-corrected chi connectivity index (χ0v) is 14.8. The molecule has 25 heavy (non-hydrogen) atoms.